The highest BCUT2D eigenvalue weighted by Gasteiger charge is 2.38. The Balaban J connectivity index is 0.00000161. The number of allylic oxidation sites excluding steroid dienone is 1. The molecule has 0 radical (unpaired) electrons. The van der Waals surface area contributed by atoms with Gasteiger partial charge in [0.1, 0.15) is 5.82 Å². The van der Waals surface area contributed by atoms with Crippen LogP contribution in [0.3, 0.4) is 0 Å². The highest BCUT2D eigenvalue weighted by atomic mass is 35.5. The van der Waals surface area contributed by atoms with Crippen LogP contribution in [0.2, 0.25) is 0 Å². The zero-order valence-corrected chi connectivity index (χ0v) is 12.5. The molecule has 2 aromatic rings. The van der Waals surface area contributed by atoms with Gasteiger partial charge in [0.25, 0.3) is 5.89 Å². The zero-order valence-electron chi connectivity index (χ0n) is 11.7. The van der Waals surface area contributed by atoms with E-state index >= 15 is 0 Å². The van der Waals surface area contributed by atoms with Crippen LogP contribution >= 0.6 is 12.4 Å². The van der Waals surface area contributed by atoms with Crippen molar-refractivity contribution in [3.05, 3.63) is 47.4 Å². The number of aromatic nitrogens is 2. The summed E-state index contributed by atoms with van der Waals surface area (Å²) in [5.41, 5.74) is 7.36. The van der Waals surface area contributed by atoms with Gasteiger partial charge in [-0.05, 0) is 49.5 Å². The van der Waals surface area contributed by atoms with Gasteiger partial charge in [0, 0.05) is 6.08 Å². The number of nitrogens with two attached hydrogens (primary N) is 1. The first-order valence-corrected chi connectivity index (χ1v) is 6.64. The Hall–Kier alpha value is -1.72. The molecule has 3 rings (SSSR count). The lowest BCUT2D eigenvalue weighted by Gasteiger charge is -2.34. The monoisotopic (exact) mass is 309 g/mol. The summed E-state index contributed by atoms with van der Waals surface area (Å²) in [5, 5.41) is 3.94. The molecule has 2 N–H and O–H groups in total. The van der Waals surface area contributed by atoms with Gasteiger partial charge in [-0.3, -0.25) is 0 Å². The third kappa shape index (κ3) is 3.14. The normalized spacial score (nSPS) is 17.0. The molecule has 1 heterocycles. The largest absolute Gasteiger partial charge is 0.335 e. The molecule has 1 aliphatic rings. The first kappa shape index (κ1) is 15.7. The van der Waals surface area contributed by atoms with Crippen LogP contribution in [0.15, 0.2) is 28.8 Å². The van der Waals surface area contributed by atoms with Crippen LogP contribution in [-0.2, 0) is 5.54 Å². The fourth-order valence-electron chi connectivity index (χ4n) is 2.28. The van der Waals surface area contributed by atoms with E-state index in [4.69, 9.17) is 10.3 Å². The molecule has 6 heteroatoms. The number of benzene rings is 1. The maximum Gasteiger partial charge on any atom is 0.250 e. The number of nitrogens with zero attached hydrogens (tertiary/aromatic N) is 2. The summed E-state index contributed by atoms with van der Waals surface area (Å²) in [7, 11) is 0. The van der Waals surface area contributed by atoms with Crippen molar-refractivity contribution < 1.29 is 8.91 Å². The molecular formula is C15H17ClFN3O. The molecule has 4 nitrogen and oxygen atoms in total. The molecule has 0 bridgehead atoms. The van der Waals surface area contributed by atoms with Crippen LogP contribution in [0.1, 0.15) is 43.5 Å². The Bertz CT molecular complexity index is 664. The number of halogens is 2. The summed E-state index contributed by atoms with van der Waals surface area (Å²) in [6, 6.07) is 6.39. The SMILES string of the molecule is C/C(=C/c1nc(C2(N)CCC2)no1)c1cccc(F)c1.Cl. The van der Waals surface area contributed by atoms with E-state index in [-0.39, 0.29) is 18.2 Å². The molecule has 1 aromatic carbocycles. The molecule has 0 amide bonds. The summed E-state index contributed by atoms with van der Waals surface area (Å²) in [4.78, 5) is 4.32. The first-order chi connectivity index (χ1) is 9.57. The predicted molar refractivity (Wildman–Crippen MR) is 81.2 cm³/mol. The van der Waals surface area contributed by atoms with E-state index in [1.54, 1.807) is 12.1 Å². The van der Waals surface area contributed by atoms with Crippen LogP contribution < -0.4 is 5.73 Å². The molecule has 21 heavy (non-hydrogen) atoms. The Morgan fingerprint density at radius 1 is 1.43 bits per heavy atom. The lowest BCUT2D eigenvalue weighted by atomic mass is 9.77. The Kier molecular flexibility index (Phi) is 4.44. The van der Waals surface area contributed by atoms with E-state index in [0.717, 1.165) is 30.4 Å². The van der Waals surface area contributed by atoms with Crippen LogP contribution in [0.5, 0.6) is 0 Å². The van der Waals surface area contributed by atoms with Crippen molar-refractivity contribution in [2.24, 2.45) is 5.73 Å². The molecule has 0 atom stereocenters. The van der Waals surface area contributed by atoms with E-state index in [2.05, 4.69) is 10.1 Å². The van der Waals surface area contributed by atoms with Gasteiger partial charge in [0.2, 0.25) is 0 Å². The fourth-order valence-corrected chi connectivity index (χ4v) is 2.28. The van der Waals surface area contributed by atoms with Crippen molar-refractivity contribution in [1.82, 2.24) is 10.1 Å². The molecule has 1 saturated carbocycles. The third-order valence-electron chi connectivity index (χ3n) is 3.75. The smallest absolute Gasteiger partial charge is 0.250 e. The van der Waals surface area contributed by atoms with Crippen LogP contribution in [0.25, 0.3) is 11.6 Å². The second-order valence-corrected chi connectivity index (χ2v) is 5.30. The van der Waals surface area contributed by atoms with Gasteiger partial charge in [-0.1, -0.05) is 17.3 Å². The standard InChI is InChI=1S/C15H16FN3O.ClH/c1-10(11-4-2-5-12(16)9-11)8-13-18-14(19-20-13)15(17)6-3-7-15;/h2,4-5,8-9H,3,6-7,17H2,1H3;1H/b10-8-;. The maximum atomic E-state index is 13.2. The van der Waals surface area contributed by atoms with Crippen molar-refractivity contribution in [2.75, 3.05) is 0 Å². The van der Waals surface area contributed by atoms with Crippen LogP contribution in [0.4, 0.5) is 4.39 Å². The maximum absolute atomic E-state index is 13.2. The Labute approximate surface area is 128 Å². The third-order valence-corrected chi connectivity index (χ3v) is 3.75. The molecule has 1 fully saturated rings. The number of hydrogen-bond donors (Lipinski definition) is 1. The van der Waals surface area contributed by atoms with Crippen LogP contribution in [0, 0.1) is 5.82 Å². The molecule has 1 aromatic heterocycles. The van der Waals surface area contributed by atoms with E-state index < -0.39 is 5.54 Å². The molecule has 0 spiro atoms. The fraction of sp³-hybridized carbons (Fsp3) is 0.333. The minimum atomic E-state index is -0.428. The Morgan fingerprint density at radius 3 is 2.81 bits per heavy atom. The van der Waals surface area contributed by atoms with Gasteiger partial charge in [0.15, 0.2) is 5.82 Å². The van der Waals surface area contributed by atoms with Crippen molar-refractivity contribution in [2.45, 2.75) is 31.7 Å². The summed E-state index contributed by atoms with van der Waals surface area (Å²) in [5.74, 6) is 0.692. The summed E-state index contributed by atoms with van der Waals surface area (Å²) in [6.07, 6.45) is 4.61. The van der Waals surface area contributed by atoms with Crippen molar-refractivity contribution in [3.63, 3.8) is 0 Å². The predicted octanol–water partition coefficient (Wildman–Crippen LogP) is 3.53. The quantitative estimate of drug-likeness (QED) is 0.942. The summed E-state index contributed by atoms with van der Waals surface area (Å²) < 4.78 is 18.4. The number of rotatable bonds is 3. The second-order valence-electron chi connectivity index (χ2n) is 5.30. The zero-order chi connectivity index (χ0) is 14.2. The van der Waals surface area contributed by atoms with Crippen molar-refractivity contribution in [1.29, 1.82) is 0 Å². The topological polar surface area (TPSA) is 64.9 Å². The lowest BCUT2D eigenvalue weighted by molar-refractivity contribution is 0.229. The average Bonchev–Trinajstić information content (AvgIpc) is 2.84. The molecule has 1 aliphatic carbocycles. The molecule has 0 unspecified atom stereocenters. The molecule has 112 valence electrons. The first-order valence-electron chi connectivity index (χ1n) is 6.64. The van der Waals surface area contributed by atoms with E-state index in [1.807, 2.05) is 13.0 Å². The summed E-state index contributed by atoms with van der Waals surface area (Å²) in [6.45, 7) is 1.88. The van der Waals surface area contributed by atoms with Crippen LogP contribution in [-0.4, -0.2) is 10.1 Å². The minimum absolute atomic E-state index is 0. The number of hydrogen-bond acceptors (Lipinski definition) is 4. The van der Waals surface area contributed by atoms with Gasteiger partial charge in [0.05, 0.1) is 5.54 Å². The lowest BCUT2D eigenvalue weighted by Crippen LogP contribution is -2.44. The summed E-state index contributed by atoms with van der Waals surface area (Å²) >= 11 is 0. The van der Waals surface area contributed by atoms with Crippen molar-refractivity contribution in [3.8, 4) is 0 Å². The molecular weight excluding hydrogens is 293 g/mol. The average molecular weight is 310 g/mol. The highest BCUT2D eigenvalue weighted by molar-refractivity contribution is 5.85. The molecule has 0 saturated heterocycles. The van der Waals surface area contributed by atoms with E-state index in [0.29, 0.717) is 11.7 Å². The van der Waals surface area contributed by atoms with Gasteiger partial charge in [-0.25, -0.2) is 4.39 Å². The van der Waals surface area contributed by atoms with E-state index in [9.17, 15) is 4.39 Å². The second kappa shape index (κ2) is 5.95. The van der Waals surface area contributed by atoms with E-state index in [1.165, 1.54) is 12.1 Å². The minimum Gasteiger partial charge on any atom is -0.335 e. The van der Waals surface area contributed by atoms with Gasteiger partial charge in [-0.2, -0.15) is 4.98 Å². The van der Waals surface area contributed by atoms with Gasteiger partial charge < -0.3 is 10.3 Å². The highest BCUT2D eigenvalue weighted by Crippen LogP contribution is 2.37. The van der Waals surface area contributed by atoms with Crippen molar-refractivity contribution >= 4 is 24.1 Å². The van der Waals surface area contributed by atoms with Gasteiger partial charge in [-0.15, -0.1) is 12.4 Å². The Morgan fingerprint density at radius 2 is 2.19 bits per heavy atom. The van der Waals surface area contributed by atoms with Gasteiger partial charge >= 0.3 is 0 Å². The molecule has 0 aliphatic heterocycles.